The standard InChI is InChI=1S/C28H25NO5/c1-3-29(16-20-17-32-23-14-7-8-15-24(23)33-20)28(31)22-13-9-12-21-25(30)18(2)26(34-27(21)22)19-10-5-4-6-11-19/h4-15,20H,3,16-17H2,1-2H3/t20-/m0/s1. The number of fused-ring (bicyclic) bond motifs is 2. The summed E-state index contributed by atoms with van der Waals surface area (Å²) in [5.41, 5.74) is 1.82. The Morgan fingerprint density at radius 1 is 0.971 bits per heavy atom. The number of carbonyl (C=O) groups is 1. The van der Waals surface area contributed by atoms with Crippen LogP contribution in [-0.4, -0.2) is 36.6 Å². The highest BCUT2D eigenvalue weighted by atomic mass is 16.6. The van der Waals surface area contributed by atoms with E-state index < -0.39 is 0 Å². The van der Waals surface area contributed by atoms with Crippen LogP contribution in [-0.2, 0) is 0 Å². The first kappa shape index (κ1) is 21.8. The van der Waals surface area contributed by atoms with Crippen molar-refractivity contribution < 1.29 is 18.7 Å². The lowest BCUT2D eigenvalue weighted by Gasteiger charge is -2.31. The van der Waals surface area contributed by atoms with E-state index in [-0.39, 0.29) is 17.4 Å². The van der Waals surface area contributed by atoms with Gasteiger partial charge >= 0.3 is 0 Å². The highest BCUT2D eigenvalue weighted by Crippen LogP contribution is 2.32. The van der Waals surface area contributed by atoms with Gasteiger partial charge in [0.1, 0.15) is 12.4 Å². The highest BCUT2D eigenvalue weighted by molar-refractivity contribution is 6.05. The molecule has 0 unspecified atom stereocenters. The third-order valence-corrected chi connectivity index (χ3v) is 6.07. The van der Waals surface area contributed by atoms with Crippen LogP contribution >= 0.6 is 0 Å². The molecule has 6 heteroatoms. The summed E-state index contributed by atoms with van der Waals surface area (Å²) in [6.45, 7) is 4.83. The van der Waals surface area contributed by atoms with Crippen LogP contribution in [0, 0.1) is 6.92 Å². The average molecular weight is 456 g/mol. The zero-order valence-corrected chi connectivity index (χ0v) is 19.1. The van der Waals surface area contributed by atoms with Crippen LogP contribution in [0.25, 0.3) is 22.3 Å². The largest absolute Gasteiger partial charge is 0.486 e. The minimum atomic E-state index is -0.303. The van der Waals surface area contributed by atoms with Crippen molar-refractivity contribution in [2.45, 2.75) is 20.0 Å². The molecular weight excluding hydrogens is 430 g/mol. The Morgan fingerprint density at radius 3 is 2.47 bits per heavy atom. The molecule has 0 radical (unpaired) electrons. The Labute approximate surface area is 197 Å². The molecule has 6 nitrogen and oxygen atoms in total. The molecule has 0 saturated carbocycles. The van der Waals surface area contributed by atoms with E-state index in [9.17, 15) is 9.59 Å². The summed E-state index contributed by atoms with van der Waals surface area (Å²) in [7, 11) is 0. The SMILES string of the molecule is CCN(C[C@H]1COc2ccccc2O1)C(=O)c1cccc2c(=O)c(C)c(-c3ccccc3)oc12. The summed E-state index contributed by atoms with van der Waals surface area (Å²) in [5, 5.41) is 0.394. The minimum Gasteiger partial charge on any atom is -0.486 e. The van der Waals surface area contributed by atoms with Crippen LogP contribution < -0.4 is 14.9 Å². The number of para-hydroxylation sites is 3. The molecule has 1 atom stereocenters. The maximum Gasteiger partial charge on any atom is 0.257 e. The molecule has 1 aliphatic heterocycles. The molecular formula is C28H25NO5. The third-order valence-electron chi connectivity index (χ3n) is 6.07. The summed E-state index contributed by atoms with van der Waals surface area (Å²) in [6, 6.07) is 22.1. The van der Waals surface area contributed by atoms with E-state index in [4.69, 9.17) is 13.9 Å². The van der Waals surface area contributed by atoms with Crippen LogP contribution in [0.15, 0.2) is 82.0 Å². The maximum atomic E-state index is 13.6. The van der Waals surface area contributed by atoms with E-state index in [0.29, 0.717) is 59.1 Å². The molecule has 1 aromatic heterocycles. The number of carbonyl (C=O) groups excluding carboxylic acids is 1. The Bertz CT molecular complexity index is 1410. The topological polar surface area (TPSA) is 69.0 Å². The van der Waals surface area contributed by atoms with Crippen molar-refractivity contribution in [2.75, 3.05) is 19.7 Å². The summed E-state index contributed by atoms with van der Waals surface area (Å²) in [6.07, 6.45) is -0.303. The lowest BCUT2D eigenvalue weighted by molar-refractivity contribution is 0.0475. The highest BCUT2D eigenvalue weighted by Gasteiger charge is 2.27. The number of hydrogen-bond acceptors (Lipinski definition) is 5. The number of hydrogen-bond donors (Lipinski definition) is 0. The first-order valence-corrected chi connectivity index (χ1v) is 11.4. The molecule has 0 fully saturated rings. The van der Waals surface area contributed by atoms with Gasteiger partial charge in [-0.05, 0) is 38.1 Å². The number of likely N-dealkylation sites (N-methyl/N-ethyl adjacent to an activating group) is 1. The minimum absolute atomic E-state index is 0.140. The Kier molecular flexibility index (Phi) is 5.80. The van der Waals surface area contributed by atoms with Crippen molar-refractivity contribution in [1.29, 1.82) is 0 Å². The molecule has 0 bridgehead atoms. The van der Waals surface area contributed by atoms with Crippen molar-refractivity contribution in [2.24, 2.45) is 0 Å². The fourth-order valence-electron chi connectivity index (χ4n) is 4.27. The summed E-state index contributed by atoms with van der Waals surface area (Å²) >= 11 is 0. The van der Waals surface area contributed by atoms with Crippen LogP contribution in [0.2, 0.25) is 0 Å². The Morgan fingerprint density at radius 2 is 1.71 bits per heavy atom. The Balaban J connectivity index is 1.50. The molecule has 0 aliphatic carbocycles. The summed E-state index contributed by atoms with van der Waals surface area (Å²) in [5.74, 6) is 1.62. The van der Waals surface area contributed by atoms with Gasteiger partial charge in [0, 0.05) is 17.7 Å². The smallest absolute Gasteiger partial charge is 0.257 e. The quantitative estimate of drug-likeness (QED) is 0.420. The van der Waals surface area contributed by atoms with Crippen molar-refractivity contribution in [3.8, 4) is 22.8 Å². The van der Waals surface area contributed by atoms with Crippen LogP contribution in [0.5, 0.6) is 11.5 Å². The number of ether oxygens (including phenoxy) is 2. The number of nitrogens with zero attached hydrogens (tertiary/aromatic N) is 1. The van der Waals surface area contributed by atoms with E-state index in [2.05, 4.69) is 0 Å². The molecule has 5 rings (SSSR count). The molecule has 4 aromatic rings. The van der Waals surface area contributed by atoms with Gasteiger partial charge in [-0.1, -0.05) is 48.5 Å². The van der Waals surface area contributed by atoms with Crippen LogP contribution in [0.3, 0.4) is 0 Å². The zero-order valence-electron chi connectivity index (χ0n) is 19.1. The molecule has 3 aromatic carbocycles. The molecule has 2 heterocycles. The van der Waals surface area contributed by atoms with Gasteiger partial charge in [0.25, 0.3) is 5.91 Å². The van der Waals surface area contributed by atoms with Gasteiger partial charge in [-0.25, -0.2) is 0 Å². The number of rotatable bonds is 5. The van der Waals surface area contributed by atoms with Gasteiger partial charge in [-0.2, -0.15) is 0 Å². The molecule has 0 N–H and O–H groups in total. The molecule has 34 heavy (non-hydrogen) atoms. The predicted molar refractivity (Wildman–Crippen MR) is 131 cm³/mol. The van der Waals surface area contributed by atoms with Gasteiger partial charge in [-0.3, -0.25) is 9.59 Å². The van der Waals surface area contributed by atoms with E-state index in [1.165, 1.54) is 0 Å². The summed E-state index contributed by atoms with van der Waals surface area (Å²) < 4.78 is 18.1. The molecule has 1 aliphatic rings. The fraction of sp³-hybridized carbons (Fsp3) is 0.214. The van der Waals surface area contributed by atoms with E-state index in [0.717, 1.165) is 5.56 Å². The first-order valence-electron chi connectivity index (χ1n) is 11.4. The monoisotopic (exact) mass is 455 g/mol. The van der Waals surface area contributed by atoms with E-state index in [1.54, 1.807) is 30.0 Å². The molecule has 0 spiro atoms. The lowest BCUT2D eigenvalue weighted by Crippen LogP contribution is -2.43. The van der Waals surface area contributed by atoms with Crippen LogP contribution in [0.1, 0.15) is 22.8 Å². The van der Waals surface area contributed by atoms with E-state index in [1.807, 2.05) is 61.5 Å². The molecule has 172 valence electrons. The van der Waals surface area contributed by atoms with Gasteiger partial charge < -0.3 is 18.8 Å². The second kappa shape index (κ2) is 9.06. The lowest BCUT2D eigenvalue weighted by atomic mass is 10.0. The maximum absolute atomic E-state index is 13.6. The van der Waals surface area contributed by atoms with Gasteiger partial charge in [0.05, 0.1) is 17.5 Å². The van der Waals surface area contributed by atoms with Gasteiger partial charge in [-0.15, -0.1) is 0 Å². The van der Waals surface area contributed by atoms with Crippen molar-refractivity contribution in [3.05, 3.63) is 94.1 Å². The second-order valence-corrected chi connectivity index (χ2v) is 8.27. The molecule has 1 amide bonds. The summed E-state index contributed by atoms with van der Waals surface area (Å²) in [4.78, 5) is 28.5. The third kappa shape index (κ3) is 3.92. The van der Waals surface area contributed by atoms with Crippen molar-refractivity contribution in [1.82, 2.24) is 4.90 Å². The van der Waals surface area contributed by atoms with Crippen molar-refractivity contribution in [3.63, 3.8) is 0 Å². The normalized spacial score (nSPS) is 14.7. The average Bonchev–Trinajstić information content (AvgIpc) is 2.89. The fourth-order valence-corrected chi connectivity index (χ4v) is 4.27. The first-order chi connectivity index (χ1) is 16.6. The molecule has 0 saturated heterocycles. The van der Waals surface area contributed by atoms with Gasteiger partial charge in [0.2, 0.25) is 0 Å². The predicted octanol–water partition coefficient (Wildman–Crippen LogP) is 5.07. The second-order valence-electron chi connectivity index (χ2n) is 8.27. The zero-order chi connectivity index (χ0) is 23.7. The Hall–Kier alpha value is -4.06. The van der Waals surface area contributed by atoms with Crippen molar-refractivity contribution >= 4 is 16.9 Å². The number of benzene rings is 3. The van der Waals surface area contributed by atoms with Crippen LogP contribution in [0.4, 0.5) is 0 Å². The van der Waals surface area contributed by atoms with E-state index >= 15 is 0 Å². The number of amides is 1. The van der Waals surface area contributed by atoms with Gasteiger partial charge in [0.15, 0.2) is 28.6 Å².